The molecule has 5 nitrogen and oxygen atoms in total. The Morgan fingerprint density at radius 2 is 1.79 bits per heavy atom. The van der Waals surface area contributed by atoms with E-state index in [2.05, 4.69) is 22.9 Å². The number of carbonyl (C=O) groups is 1. The van der Waals surface area contributed by atoms with Gasteiger partial charge >= 0.3 is 0 Å². The van der Waals surface area contributed by atoms with Gasteiger partial charge in [-0.05, 0) is 56.0 Å². The van der Waals surface area contributed by atoms with E-state index in [9.17, 15) is 13.2 Å². The van der Waals surface area contributed by atoms with Crippen LogP contribution in [-0.4, -0.2) is 38.9 Å². The molecule has 0 spiro atoms. The summed E-state index contributed by atoms with van der Waals surface area (Å²) >= 11 is 3.40. The van der Waals surface area contributed by atoms with Crippen LogP contribution in [0.25, 0.3) is 0 Å². The fraction of sp³-hybridized carbons (Fsp3) is 0.381. The Morgan fingerprint density at radius 3 is 2.39 bits per heavy atom. The lowest BCUT2D eigenvalue weighted by atomic mass is 9.99. The van der Waals surface area contributed by atoms with Gasteiger partial charge in [-0.15, -0.1) is 0 Å². The van der Waals surface area contributed by atoms with Crippen molar-refractivity contribution in [2.24, 2.45) is 5.92 Å². The molecule has 0 saturated carbocycles. The van der Waals surface area contributed by atoms with Crippen LogP contribution in [0.2, 0.25) is 0 Å². The minimum atomic E-state index is -3.87. The van der Waals surface area contributed by atoms with Gasteiger partial charge in [0.15, 0.2) is 0 Å². The summed E-state index contributed by atoms with van der Waals surface area (Å²) in [5.74, 6) is 0.434. The summed E-state index contributed by atoms with van der Waals surface area (Å²) in [7, 11) is -3.87. The Balaban J connectivity index is 1.93. The molecule has 150 valence electrons. The minimum absolute atomic E-state index is 0.164. The number of hydrogen-bond donors (Lipinski definition) is 0. The first-order valence-corrected chi connectivity index (χ1v) is 11.6. The first-order chi connectivity index (χ1) is 13.3. The molecule has 1 heterocycles. The second-order valence-corrected chi connectivity index (χ2v) is 10.1. The van der Waals surface area contributed by atoms with E-state index in [1.54, 1.807) is 47.4 Å². The van der Waals surface area contributed by atoms with Crippen LogP contribution in [0.5, 0.6) is 0 Å². The third-order valence-corrected chi connectivity index (χ3v) is 7.40. The average molecular weight is 465 g/mol. The van der Waals surface area contributed by atoms with Gasteiger partial charge in [0.2, 0.25) is 5.91 Å². The number of halogens is 1. The van der Waals surface area contributed by atoms with Gasteiger partial charge in [0, 0.05) is 17.6 Å². The van der Waals surface area contributed by atoms with E-state index in [4.69, 9.17) is 0 Å². The molecule has 28 heavy (non-hydrogen) atoms. The third kappa shape index (κ3) is 4.75. The molecule has 1 saturated heterocycles. The second-order valence-electron chi connectivity index (χ2n) is 7.37. The molecule has 1 aliphatic rings. The molecule has 0 N–H and O–H groups in total. The van der Waals surface area contributed by atoms with Crippen LogP contribution in [0.15, 0.2) is 57.9 Å². The van der Waals surface area contributed by atoms with Crippen molar-refractivity contribution in [1.82, 2.24) is 4.90 Å². The first-order valence-electron chi connectivity index (χ1n) is 9.40. The number of sulfonamides is 1. The molecular weight excluding hydrogens is 440 g/mol. The molecule has 2 aromatic carbocycles. The van der Waals surface area contributed by atoms with Gasteiger partial charge in [-0.1, -0.05) is 46.6 Å². The van der Waals surface area contributed by atoms with Gasteiger partial charge < -0.3 is 4.90 Å². The van der Waals surface area contributed by atoms with E-state index >= 15 is 0 Å². The van der Waals surface area contributed by atoms with Crippen LogP contribution >= 0.6 is 15.9 Å². The van der Waals surface area contributed by atoms with E-state index in [0.717, 1.165) is 22.9 Å². The number of likely N-dealkylation sites (tertiary alicyclic amines) is 1. The molecule has 2 aromatic rings. The van der Waals surface area contributed by atoms with Crippen molar-refractivity contribution in [2.75, 3.05) is 23.9 Å². The number of aryl methyl sites for hydroxylation is 1. The number of piperidine rings is 1. The molecule has 3 rings (SSSR count). The Kier molecular flexibility index (Phi) is 6.45. The van der Waals surface area contributed by atoms with Crippen LogP contribution in [0.3, 0.4) is 0 Å². The SMILES string of the molecule is Cc1ccc(S(=O)(=O)N(CC(=O)N2CCC(C)CC2)c2cccc(Br)c2)cc1. The highest BCUT2D eigenvalue weighted by Crippen LogP contribution is 2.27. The standard InChI is InChI=1S/C21H25BrN2O3S/c1-16-6-8-20(9-7-16)28(26,27)24(19-5-3-4-18(22)14-19)15-21(25)23-12-10-17(2)11-13-23/h3-9,14,17H,10-13,15H2,1-2H3. The summed E-state index contributed by atoms with van der Waals surface area (Å²) in [6.07, 6.45) is 1.90. The predicted octanol–water partition coefficient (Wildman–Crippen LogP) is 4.21. The fourth-order valence-electron chi connectivity index (χ4n) is 3.26. The van der Waals surface area contributed by atoms with Crippen molar-refractivity contribution in [2.45, 2.75) is 31.6 Å². The number of carbonyl (C=O) groups excluding carboxylic acids is 1. The quantitative estimate of drug-likeness (QED) is 0.665. The van der Waals surface area contributed by atoms with Crippen LogP contribution in [-0.2, 0) is 14.8 Å². The summed E-state index contributed by atoms with van der Waals surface area (Å²) in [5.41, 5.74) is 1.44. The predicted molar refractivity (Wildman–Crippen MR) is 115 cm³/mol. The highest BCUT2D eigenvalue weighted by atomic mass is 79.9. The highest BCUT2D eigenvalue weighted by Gasteiger charge is 2.30. The topological polar surface area (TPSA) is 57.7 Å². The van der Waals surface area contributed by atoms with Crippen molar-refractivity contribution in [3.8, 4) is 0 Å². The van der Waals surface area contributed by atoms with E-state index < -0.39 is 10.0 Å². The van der Waals surface area contributed by atoms with Gasteiger partial charge in [0.1, 0.15) is 6.54 Å². The molecule has 0 aromatic heterocycles. The number of hydrogen-bond acceptors (Lipinski definition) is 3. The lowest BCUT2D eigenvalue weighted by Crippen LogP contribution is -2.45. The summed E-state index contributed by atoms with van der Waals surface area (Å²) in [6.45, 7) is 5.23. The number of benzene rings is 2. The maximum atomic E-state index is 13.4. The molecule has 0 aliphatic carbocycles. The molecule has 0 bridgehead atoms. The first kappa shape index (κ1) is 20.9. The molecule has 0 radical (unpaired) electrons. The Labute approximate surface area is 175 Å². The van der Waals surface area contributed by atoms with Crippen molar-refractivity contribution >= 4 is 37.5 Å². The molecular formula is C21H25BrN2O3S. The molecule has 1 fully saturated rings. The number of anilines is 1. The Bertz CT molecular complexity index is 936. The third-order valence-electron chi connectivity index (χ3n) is 5.12. The normalized spacial score (nSPS) is 15.5. The van der Waals surface area contributed by atoms with Gasteiger partial charge in [0.05, 0.1) is 10.6 Å². The van der Waals surface area contributed by atoms with Gasteiger partial charge in [0.25, 0.3) is 10.0 Å². The number of rotatable bonds is 5. The van der Waals surface area contributed by atoms with Crippen LogP contribution in [0.1, 0.15) is 25.3 Å². The molecule has 1 aliphatic heterocycles. The lowest BCUT2D eigenvalue weighted by molar-refractivity contribution is -0.130. The average Bonchev–Trinajstić information content (AvgIpc) is 2.66. The minimum Gasteiger partial charge on any atom is -0.341 e. The summed E-state index contributed by atoms with van der Waals surface area (Å²) < 4.78 is 28.7. The number of nitrogens with zero attached hydrogens (tertiary/aromatic N) is 2. The maximum Gasteiger partial charge on any atom is 0.264 e. The Morgan fingerprint density at radius 1 is 1.14 bits per heavy atom. The molecule has 0 unspecified atom stereocenters. The maximum absolute atomic E-state index is 13.4. The zero-order valence-corrected chi connectivity index (χ0v) is 18.5. The van der Waals surface area contributed by atoms with E-state index in [1.807, 2.05) is 13.0 Å². The second kappa shape index (κ2) is 8.66. The zero-order chi connectivity index (χ0) is 20.3. The van der Waals surface area contributed by atoms with Gasteiger partial charge in [-0.2, -0.15) is 0 Å². The van der Waals surface area contributed by atoms with Gasteiger partial charge in [-0.3, -0.25) is 9.10 Å². The van der Waals surface area contributed by atoms with E-state index in [-0.39, 0.29) is 17.3 Å². The van der Waals surface area contributed by atoms with Crippen LogP contribution in [0.4, 0.5) is 5.69 Å². The van der Waals surface area contributed by atoms with Crippen molar-refractivity contribution in [3.05, 3.63) is 58.6 Å². The van der Waals surface area contributed by atoms with Gasteiger partial charge in [-0.25, -0.2) is 8.42 Å². The highest BCUT2D eigenvalue weighted by molar-refractivity contribution is 9.10. The van der Waals surface area contributed by atoms with E-state index in [1.165, 1.54) is 4.31 Å². The van der Waals surface area contributed by atoms with Crippen molar-refractivity contribution in [1.29, 1.82) is 0 Å². The van der Waals surface area contributed by atoms with Crippen molar-refractivity contribution in [3.63, 3.8) is 0 Å². The summed E-state index contributed by atoms with van der Waals surface area (Å²) in [6, 6.07) is 13.7. The molecule has 1 amide bonds. The van der Waals surface area contributed by atoms with Crippen molar-refractivity contribution < 1.29 is 13.2 Å². The number of amides is 1. The molecule has 0 atom stereocenters. The fourth-order valence-corrected chi connectivity index (χ4v) is 5.06. The largest absolute Gasteiger partial charge is 0.341 e. The summed E-state index contributed by atoms with van der Waals surface area (Å²) in [4.78, 5) is 14.9. The lowest BCUT2D eigenvalue weighted by Gasteiger charge is -2.32. The Hall–Kier alpha value is -1.86. The zero-order valence-electron chi connectivity index (χ0n) is 16.1. The van der Waals surface area contributed by atoms with E-state index in [0.29, 0.717) is 24.7 Å². The van der Waals surface area contributed by atoms with Crippen LogP contribution in [0, 0.1) is 12.8 Å². The van der Waals surface area contributed by atoms with Crippen LogP contribution < -0.4 is 4.31 Å². The smallest absolute Gasteiger partial charge is 0.264 e. The monoisotopic (exact) mass is 464 g/mol. The molecule has 7 heteroatoms. The summed E-state index contributed by atoms with van der Waals surface area (Å²) in [5, 5.41) is 0.